The molecule has 0 amide bonds. The molecule has 1 heterocycles. The molecule has 15 heavy (non-hydrogen) atoms. The third-order valence-electron chi connectivity index (χ3n) is 1.46. The van der Waals surface area contributed by atoms with Gasteiger partial charge in [-0.2, -0.15) is 0 Å². The number of nitrogens with zero attached hydrogens (tertiary/aromatic N) is 1. The lowest BCUT2D eigenvalue weighted by Gasteiger charge is -1.99. The lowest BCUT2D eigenvalue weighted by Crippen LogP contribution is -2.05. The van der Waals surface area contributed by atoms with E-state index in [4.69, 9.17) is 34.8 Å². The Hall–Kier alpha value is -0.970. The van der Waals surface area contributed by atoms with Gasteiger partial charge in [-0.25, -0.2) is 4.98 Å². The summed E-state index contributed by atoms with van der Waals surface area (Å²) in [4.78, 5) is 35.9. The number of carbonyl (C=O) groups excluding carboxylic acids is 3. The smallest absolute Gasteiger partial charge is 0.270 e. The van der Waals surface area contributed by atoms with Crippen LogP contribution in [0.3, 0.4) is 0 Å². The first kappa shape index (κ1) is 12.1. The van der Waals surface area contributed by atoms with E-state index in [9.17, 15) is 14.4 Å². The third kappa shape index (κ3) is 2.99. The summed E-state index contributed by atoms with van der Waals surface area (Å²) in [5, 5.41) is -2.65. The summed E-state index contributed by atoms with van der Waals surface area (Å²) in [6.45, 7) is 0. The number of hydrogen-bond acceptors (Lipinski definition) is 4. The van der Waals surface area contributed by atoms with E-state index in [1.807, 2.05) is 0 Å². The van der Waals surface area contributed by atoms with Crippen LogP contribution in [0, 0.1) is 0 Å². The molecule has 0 unspecified atom stereocenters. The summed E-state index contributed by atoms with van der Waals surface area (Å²) in [6.07, 6.45) is 0. The summed E-state index contributed by atoms with van der Waals surface area (Å²) in [6, 6.07) is 2.15. The molecule has 0 N–H and O–H groups in total. The van der Waals surface area contributed by atoms with E-state index in [2.05, 4.69) is 4.98 Å². The Bertz CT molecular complexity index is 379. The highest BCUT2D eigenvalue weighted by molar-refractivity contribution is 6.70. The van der Waals surface area contributed by atoms with Crippen LogP contribution >= 0.6 is 34.8 Å². The molecule has 7 heteroatoms. The van der Waals surface area contributed by atoms with E-state index in [1.54, 1.807) is 0 Å². The van der Waals surface area contributed by atoms with Crippen molar-refractivity contribution in [2.24, 2.45) is 0 Å². The number of rotatable bonds is 3. The van der Waals surface area contributed by atoms with Crippen LogP contribution in [-0.2, 0) is 0 Å². The molecule has 0 spiro atoms. The second kappa shape index (κ2) is 4.70. The lowest BCUT2D eigenvalue weighted by molar-refractivity contribution is 0.107. The molecule has 0 aliphatic carbocycles. The molecular formula is C8H2Cl3NO3. The van der Waals surface area contributed by atoms with Crippen LogP contribution in [0.4, 0.5) is 0 Å². The highest BCUT2D eigenvalue weighted by Gasteiger charge is 2.14. The summed E-state index contributed by atoms with van der Waals surface area (Å²) in [7, 11) is 0. The molecule has 0 aliphatic rings. The molecule has 1 aromatic heterocycles. The Morgan fingerprint density at radius 1 is 0.867 bits per heavy atom. The predicted octanol–water partition coefficient (Wildman–Crippen LogP) is 2.22. The van der Waals surface area contributed by atoms with E-state index in [0.29, 0.717) is 0 Å². The molecule has 0 radical (unpaired) electrons. The monoisotopic (exact) mass is 265 g/mol. The van der Waals surface area contributed by atoms with Gasteiger partial charge in [-0.1, -0.05) is 0 Å². The number of pyridine rings is 1. The number of hydrogen-bond donors (Lipinski definition) is 0. The minimum Gasteiger partial charge on any atom is -0.276 e. The normalized spacial score (nSPS) is 9.80. The molecule has 78 valence electrons. The highest BCUT2D eigenvalue weighted by atomic mass is 35.5. The van der Waals surface area contributed by atoms with E-state index in [-0.39, 0.29) is 17.0 Å². The maximum atomic E-state index is 10.8. The van der Waals surface area contributed by atoms with Crippen molar-refractivity contribution in [3.05, 3.63) is 29.1 Å². The molecule has 0 aromatic carbocycles. The molecule has 0 atom stereocenters. The van der Waals surface area contributed by atoms with Crippen molar-refractivity contribution < 1.29 is 14.4 Å². The van der Waals surface area contributed by atoms with E-state index >= 15 is 0 Å². The van der Waals surface area contributed by atoms with E-state index < -0.39 is 15.7 Å². The van der Waals surface area contributed by atoms with Gasteiger partial charge < -0.3 is 0 Å². The number of aromatic nitrogens is 1. The maximum Gasteiger partial charge on any atom is 0.270 e. The summed E-state index contributed by atoms with van der Waals surface area (Å²) in [5.74, 6) is 0. The van der Waals surface area contributed by atoms with Crippen molar-refractivity contribution in [2.45, 2.75) is 0 Å². The second-order valence-electron chi connectivity index (χ2n) is 2.45. The number of halogens is 3. The summed E-state index contributed by atoms with van der Waals surface area (Å²) < 4.78 is 0. The van der Waals surface area contributed by atoms with Crippen LogP contribution in [0.5, 0.6) is 0 Å². The molecule has 0 fully saturated rings. The van der Waals surface area contributed by atoms with Crippen molar-refractivity contribution in [2.75, 3.05) is 0 Å². The number of carbonyl (C=O) groups is 3. The van der Waals surface area contributed by atoms with Crippen molar-refractivity contribution in [1.29, 1.82) is 0 Å². The van der Waals surface area contributed by atoms with Crippen LogP contribution < -0.4 is 0 Å². The average molecular weight is 266 g/mol. The molecule has 4 nitrogen and oxygen atoms in total. The van der Waals surface area contributed by atoms with Gasteiger partial charge in [0, 0.05) is 5.56 Å². The zero-order chi connectivity index (χ0) is 11.6. The summed E-state index contributed by atoms with van der Waals surface area (Å²) in [5.41, 5.74) is -0.584. The first-order valence-electron chi connectivity index (χ1n) is 3.53. The minimum atomic E-state index is -0.908. The minimum absolute atomic E-state index is 0.0698. The SMILES string of the molecule is O=C(Cl)c1cc(C(=O)Cl)nc(C(=O)Cl)c1. The fourth-order valence-corrected chi connectivity index (χ4v) is 1.15. The average Bonchev–Trinajstić information content (AvgIpc) is 2.16. The molecule has 0 saturated heterocycles. The van der Waals surface area contributed by atoms with Crippen LogP contribution in [0.2, 0.25) is 0 Å². The van der Waals surface area contributed by atoms with Crippen LogP contribution in [0.15, 0.2) is 12.1 Å². The van der Waals surface area contributed by atoms with Crippen molar-refractivity contribution in [1.82, 2.24) is 4.98 Å². The fraction of sp³-hybridized carbons (Fsp3) is 0. The van der Waals surface area contributed by atoms with Gasteiger partial charge in [0.25, 0.3) is 15.7 Å². The second-order valence-corrected chi connectivity index (χ2v) is 3.48. The molecular weight excluding hydrogens is 264 g/mol. The van der Waals surface area contributed by atoms with Gasteiger partial charge in [0.05, 0.1) is 0 Å². The molecule has 0 saturated carbocycles. The molecule has 1 aromatic rings. The van der Waals surface area contributed by atoms with Crippen molar-refractivity contribution in [3.63, 3.8) is 0 Å². The van der Waals surface area contributed by atoms with Gasteiger partial charge in [0.15, 0.2) is 0 Å². The van der Waals surface area contributed by atoms with Crippen LogP contribution in [0.1, 0.15) is 31.3 Å². The van der Waals surface area contributed by atoms with E-state index in [1.165, 1.54) is 0 Å². The Labute approximate surface area is 99.1 Å². The molecule has 1 rings (SSSR count). The largest absolute Gasteiger partial charge is 0.276 e. The Balaban J connectivity index is 3.39. The topological polar surface area (TPSA) is 64.1 Å². The highest BCUT2D eigenvalue weighted by Crippen LogP contribution is 2.12. The first-order chi connectivity index (χ1) is 6.91. The third-order valence-corrected chi connectivity index (χ3v) is 2.06. The predicted molar refractivity (Wildman–Crippen MR) is 54.8 cm³/mol. The Morgan fingerprint density at radius 3 is 1.53 bits per heavy atom. The van der Waals surface area contributed by atoms with Crippen LogP contribution in [-0.4, -0.2) is 20.7 Å². The summed E-state index contributed by atoms with van der Waals surface area (Å²) >= 11 is 15.5. The van der Waals surface area contributed by atoms with Crippen molar-refractivity contribution >= 4 is 50.5 Å². The standard InChI is InChI=1S/C8H2Cl3NO3/c9-6(13)3-1-4(7(10)14)12-5(2-3)8(11)15/h1-2H. The van der Waals surface area contributed by atoms with E-state index in [0.717, 1.165) is 12.1 Å². The quantitative estimate of drug-likeness (QED) is 0.787. The Kier molecular flexibility index (Phi) is 3.79. The zero-order valence-electron chi connectivity index (χ0n) is 6.96. The van der Waals surface area contributed by atoms with Gasteiger partial charge in [-0.15, -0.1) is 0 Å². The van der Waals surface area contributed by atoms with Gasteiger partial charge in [-0.3, -0.25) is 14.4 Å². The zero-order valence-corrected chi connectivity index (χ0v) is 9.23. The molecule has 0 bridgehead atoms. The van der Waals surface area contributed by atoms with Crippen LogP contribution in [0.25, 0.3) is 0 Å². The van der Waals surface area contributed by atoms with Gasteiger partial charge >= 0.3 is 0 Å². The Morgan fingerprint density at radius 2 is 1.27 bits per heavy atom. The fourth-order valence-electron chi connectivity index (χ4n) is 0.845. The first-order valence-corrected chi connectivity index (χ1v) is 4.67. The van der Waals surface area contributed by atoms with Gasteiger partial charge in [0.2, 0.25) is 0 Å². The van der Waals surface area contributed by atoms with Gasteiger partial charge in [-0.05, 0) is 46.9 Å². The lowest BCUT2D eigenvalue weighted by atomic mass is 10.2. The van der Waals surface area contributed by atoms with Gasteiger partial charge in [0.1, 0.15) is 11.4 Å². The molecule has 0 aliphatic heterocycles. The van der Waals surface area contributed by atoms with Crippen molar-refractivity contribution in [3.8, 4) is 0 Å². The maximum absolute atomic E-state index is 10.8.